The zero-order valence-electron chi connectivity index (χ0n) is 23.3. The summed E-state index contributed by atoms with van der Waals surface area (Å²) in [5, 5.41) is 3.25. The number of carbonyl (C=O) groups excluding carboxylic acids is 2. The molecule has 220 valence electrons. The zero-order valence-corrected chi connectivity index (χ0v) is 24.9. The molecule has 0 aliphatic heterocycles. The fourth-order valence-corrected chi connectivity index (χ4v) is 5.68. The van der Waals surface area contributed by atoms with Crippen LogP contribution in [0.3, 0.4) is 0 Å². The Morgan fingerprint density at radius 2 is 1.66 bits per heavy atom. The lowest BCUT2D eigenvalue weighted by atomic mass is 10.1. The molecule has 41 heavy (non-hydrogen) atoms. The molecule has 2 amide bonds. The van der Waals surface area contributed by atoms with E-state index in [1.54, 1.807) is 43.3 Å². The second-order valence-corrected chi connectivity index (χ2v) is 11.6. The van der Waals surface area contributed by atoms with Crippen molar-refractivity contribution in [2.24, 2.45) is 0 Å². The molecule has 8 nitrogen and oxygen atoms in total. The van der Waals surface area contributed by atoms with Crippen molar-refractivity contribution in [1.29, 1.82) is 0 Å². The van der Waals surface area contributed by atoms with Crippen LogP contribution in [0.15, 0.2) is 77.7 Å². The van der Waals surface area contributed by atoms with Crippen LogP contribution in [0, 0.1) is 5.82 Å². The first-order valence-electron chi connectivity index (χ1n) is 13.4. The van der Waals surface area contributed by atoms with Gasteiger partial charge in [0.15, 0.2) is 0 Å². The van der Waals surface area contributed by atoms with E-state index >= 15 is 0 Å². The first-order valence-corrected chi connectivity index (χ1v) is 15.2. The highest BCUT2D eigenvalue weighted by Gasteiger charge is 2.32. The number of hydrogen-bond donors (Lipinski definition) is 1. The van der Waals surface area contributed by atoms with Crippen LogP contribution in [0.25, 0.3) is 0 Å². The third-order valence-electron chi connectivity index (χ3n) is 6.41. The number of rotatable bonds is 14. The van der Waals surface area contributed by atoms with Crippen molar-refractivity contribution >= 4 is 39.1 Å². The van der Waals surface area contributed by atoms with Crippen molar-refractivity contribution in [1.82, 2.24) is 10.2 Å². The lowest BCUT2D eigenvalue weighted by Gasteiger charge is -2.32. The molecule has 3 aromatic rings. The molecule has 0 heterocycles. The molecular formula is C30H35ClFN3O5S. The van der Waals surface area contributed by atoms with Crippen LogP contribution in [-0.4, -0.2) is 50.9 Å². The Kier molecular flexibility index (Phi) is 11.5. The number of halogens is 2. The standard InChI is InChI=1S/C30H35ClFN3O5S/c1-4-6-19-33-30(37)22(3)34(20-23-9-7-8-10-28(23)31)29(36)21-35(25-13-15-26(16-14-25)40-5-2)41(38,39)27-17-11-24(32)12-18-27/h7-18,22H,4-6,19-21H2,1-3H3,(H,33,37)/t22-/m0/s1. The normalized spacial score (nSPS) is 11.9. The molecule has 0 aliphatic carbocycles. The van der Waals surface area contributed by atoms with Gasteiger partial charge in [-0.05, 0) is 80.4 Å². The Bertz CT molecular complexity index is 1420. The SMILES string of the molecule is CCCCNC(=O)[C@H](C)N(Cc1ccccc1Cl)C(=O)CN(c1ccc(OCC)cc1)S(=O)(=O)c1ccc(F)cc1. The number of hydrogen-bond acceptors (Lipinski definition) is 5. The van der Waals surface area contributed by atoms with Crippen molar-refractivity contribution < 1.29 is 27.1 Å². The van der Waals surface area contributed by atoms with E-state index in [4.69, 9.17) is 16.3 Å². The summed E-state index contributed by atoms with van der Waals surface area (Å²) in [5.41, 5.74) is 0.800. The van der Waals surface area contributed by atoms with Crippen molar-refractivity contribution in [3.05, 3.63) is 89.2 Å². The molecule has 0 bridgehead atoms. The van der Waals surface area contributed by atoms with Crippen LogP contribution in [0.5, 0.6) is 5.75 Å². The number of unbranched alkanes of at least 4 members (excludes halogenated alkanes) is 1. The second-order valence-electron chi connectivity index (χ2n) is 9.33. The molecule has 0 aliphatic rings. The summed E-state index contributed by atoms with van der Waals surface area (Å²) in [4.78, 5) is 28.1. The maximum absolute atomic E-state index is 13.9. The van der Waals surface area contributed by atoms with Crippen molar-refractivity contribution in [3.8, 4) is 5.75 Å². The summed E-state index contributed by atoms with van der Waals surface area (Å²) < 4.78 is 47.6. The van der Waals surface area contributed by atoms with Gasteiger partial charge in [0.25, 0.3) is 10.0 Å². The molecule has 0 saturated heterocycles. The van der Waals surface area contributed by atoms with Crippen molar-refractivity contribution in [2.45, 2.75) is 51.1 Å². The fraction of sp³-hybridized carbons (Fsp3) is 0.333. The summed E-state index contributed by atoms with van der Waals surface area (Å²) in [7, 11) is -4.32. The predicted molar refractivity (Wildman–Crippen MR) is 158 cm³/mol. The Morgan fingerprint density at radius 1 is 1.00 bits per heavy atom. The maximum atomic E-state index is 13.9. The molecule has 3 aromatic carbocycles. The highest BCUT2D eigenvalue weighted by molar-refractivity contribution is 7.92. The molecule has 1 atom stereocenters. The largest absolute Gasteiger partial charge is 0.494 e. The number of amides is 2. The quantitative estimate of drug-likeness (QED) is 0.249. The van der Waals surface area contributed by atoms with Gasteiger partial charge in [0.2, 0.25) is 11.8 Å². The predicted octanol–water partition coefficient (Wildman–Crippen LogP) is 5.41. The molecular weight excluding hydrogens is 569 g/mol. The number of sulfonamides is 1. The smallest absolute Gasteiger partial charge is 0.264 e. The fourth-order valence-electron chi connectivity index (χ4n) is 4.07. The molecule has 0 aromatic heterocycles. The van der Waals surface area contributed by atoms with Crippen LogP contribution < -0.4 is 14.4 Å². The lowest BCUT2D eigenvalue weighted by molar-refractivity contribution is -0.139. The van der Waals surface area contributed by atoms with Gasteiger partial charge in [-0.15, -0.1) is 0 Å². The van der Waals surface area contributed by atoms with Gasteiger partial charge in [-0.3, -0.25) is 13.9 Å². The van der Waals surface area contributed by atoms with Gasteiger partial charge in [0, 0.05) is 18.1 Å². The van der Waals surface area contributed by atoms with E-state index in [0.717, 1.165) is 41.4 Å². The Morgan fingerprint density at radius 3 is 2.27 bits per heavy atom. The molecule has 3 rings (SSSR count). The van der Waals surface area contributed by atoms with E-state index in [1.165, 1.54) is 17.0 Å². The minimum atomic E-state index is -4.32. The van der Waals surface area contributed by atoms with Gasteiger partial charge in [0.1, 0.15) is 24.2 Å². The monoisotopic (exact) mass is 603 g/mol. The van der Waals surface area contributed by atoms with Crippen LogP contribution in [0.1, 0.15) is 39.2 Å². The Labute approximate surface area is 246 Å². The minimum absolute atomic E-state index is 0.0193. The minimum Gasteiger partial charge on any atom is -0.494 e. The highest BCUT2D eigenvalue weighted by Crippen LogP contribution is 2.27. The van der Waals surface area contributed by atoms with E-state index in [1.807, 2.05) is 13.8 Å². The highest BCUT2D eigenvalue weighted by atomic mass is 35.5. The van der Waals surface area contributed by atoms with Crippen LogP contribution in [-0.2, 0) is 26.2 Å². The molecule has 0 saturated carbocycles. The van der Waals surface area contributed by atoms with Gasteiger partial charge in [0.05, 0.1) is 17.2 Å². The van der Waals surface area contributed by atoms with Crippen molar-refractivity contribution in [3.63, 3.8) is 0 Å². The molecule has 0 unspecified atom stereocenters. The van der Waals surface area contributed by atoms with E-state index in [2.05, 4.69) is 5.32 Å². The molecule has 0 fully saturated rings. The third-order valence-corrected chi connectivity index (χ3v) is 8.57. The maximum Gasteiger partial charge on any atom is 0.264 e. The van der Waals surface area contributed by atoms with E-state index in [-0.39, 0.29) is 23.0 Å². The Balaban J connectivity index is 2.01. The van der Waals surface area contributed by atoms with Gasteiger partial charge < -0.3 is 15.0 Å². The molecule has 11 heteroatoms. The first kappa shape index (κ1) is 31.9. The summed E-state index contributed by atoms with van der Waals surface area (Å²) in [5.74, 6) is -1.06. The average molecular weight is 604 g/mol. The van der Waals surface area contributed by atoms with Gasteiger partial charge >= 0.3 is 0 Å². The summed E-state index contributed by atoms with van der Waals surface area (Å²) >= 11 is 6.38. The second kappa shape index (κ2) is 14.8. The van der Waals surface area contributed by atoms with Crippen molar-refractivity contribution in [2.75, 3.05) is 24.0 Å². The molecule has 0 spiro atoms. The number of benzene rings is 3. The number of carbonyl (C=O) groups is 2. The molecule has 0 radical (unpaired) electrons. The summed E-state index contributed by atoms with van der Waals surface area (Å²) in [6.07, 6.45) is 1.66. The van der Waals surface area contributed by atoms with Crippen LogP contribution in [0.4, 0.5) is 10.1 Å². The number of nitrogens with one attached hydrogen (secondary N) is 1. The van der Waals surface area contributed by atoms with Gasteiger partial charge in [-0.1, -0.05) is 43.1 Å². The van der Waals surface area contributed by atoms with Gasteiger partial charge in [-0.2, -0.15) is 0 Å². The van der Waals surface area contributed by atoms with E-state index in [9.17, 15) is 22.4 Å². The molecule has 1 N–H and O–H groups in total. The zero-order chi connectivity index (χ0) is 30.0. The lowest BCUT2D eigenvalue weighted by Crippen LogP contribution is -2.51. The Hall–Kier alpha value is -3.63. The number of nitrogens with zero attached hydrogens (tertiary/aromatic N) is 2. The van der Waals surface area contributed by atoms with Gasteiger partial charge in [-0.25, -0.2) is 12.8 Å². The summed E-state index contributed by atoms with van der Waals surface area (Å²) in [6, 6.07) is 16.6. The third kappa shape index (κ3) is 8.43. The van der Waals surface area contributed by atoms with Crippen LogP contribution >= 0.6 is 11.6 Å². The average Bonchev–Trinajstić information content (AvgIpc) is 2.96. The first-order chi connectivity index (χ1) is 19.6. The topological polar surface area (TPSA) is 96.0 Å². The van der Waals surface area contributed by atoms with E-state index < -0.39 is 34.3 Å². The number of anilines is 1. The van der Waals surface area contributed by atoms with E-state index in [0.29, 0.717) is 29.5 Å². The van der Waals surface area contributed by atoms with Crippen LogP contribution in [0.2, 0.25) is 5.02 Å². The number of ether oxygens (including phenoxy) is 1. The summed E-state index contributed by atoms with van der Waals surface area (Å²) in [6.45, 7) is 5.64.